The average Bonchev–Trinajstić information content (AvgIpc) is 2.75. The van der Waals surface area contributed by atoms with E-state index in [1.165, 1.54) is 4.90 Å². The number of piperidine rings is 1. The SMILES string of the molecule is CC(C)CC(=O)N1CCN(C(=O)C2CCNCC2)CCCCOC[C@@H](O)[C@H](O)[C@@H](O)C1. The van der Waals surface area contributed by atoms with Gasteiger partial charge >= 0.3 is 0 Å². The van der Waals surface area contributed by atoms with Gasteiger partial charge in [0.2, 0.25) is 11.8 Å². The first-order valence-electron chi connectivity index (χ1n) is 11.7. The van der Waals surface area contributed by atoms with Gasteiger partial charge < -0.3 is 35.2 Å². The summed E-state index contributed by atoms with van der Waals surface area (Å²) in [7, 11) is 0. The highest BCUT2D eigenvalue weighted by Gasteiger charge is 2.30. The number of hydrogen-bond acceptors (Lipinski definition) is 7. The van der Waals surface area contributed by atoms with E-state index in [4.69, 9.17) is 4.74 Å². The minimum atomic E-state index is -1.41. The van der Waals surface area contributed by atoms with Crippen LogP contribution in [0.25, 0.3) is 0 Å². The van der Waals surface area contributed by atoms with Crippen molar-refractivity contribution in [3.8, 4) is 0 Å². The topological polar surface area (TPSA) is 123 Å². The molecule has 2 aliphatic rings. The van der Waals surface area contributed by atoms with E-state index in [0.29, 0.717) is 32.7 Å². The van der Waals surface area contributed by atoms with E-state index in [1.807, 2.05) is 18.7 Å². The van der Waals surface area contributed by atoms with E-state index in [0.717, 1.165) is 38.8 Å². The molecule has 3 atom stereocenters. The Morgan fingerprint density at radius 1 is 1.00 bits per heavy atom. The molecule has 0 bridgehead atoms. The van der Waals surface area contributed by atoms with Crippen molar-refractivity contribution in [3.63, 3.8) is 0 Å². The number of nitrogens with zero attached hydrogens (tertiary/aromatic N) is 2. The van der Waals surface area contributed by atoms with Gasteiger partial charge in [0, 0.05) is 45.1 Å². The van der Waals surface area contributed by atoms with Gasteiger partial charge in [0.25, 0.3) is 0 Å². The Labute approximate surface area is 185 Å². The van der Waals surface area contributed by atoms with Crippen LogP contribution in [0.5, 0.6) is 0 Å². The molecule has 2 amide bonds. The number of aliphatic hydroxyl groups is 3. The maximum absolute atomic E-state index is 13.1. The molecule has 9 nitrogen and oxygen atoms in total. The number of β-amino-alcohol motifs (C(OH)–C–C–N with tert-alkyl or cyclic N) is 1. The molecule has 0 aromatic rings. The quantitative estimate of drug-likeness (QED) is 0.467. The average molecular weight is 444 g/mol. The number of hydrogen-bond donors (Lipinski definition) is 4. The first-order chi connectivity index (χ1) is 14.8. The van der Waals surface area contributed by atoms with E-state index in [2.05, 4.69) is 5.32 Å². The first-order valence-corrected chi connectivity index (χ1v) is 11.7. The van der Waals surface area contributed by atoms with E-state index in [9.17, 15) is 24.9 Å². The predicted octanol–water partition coefficient (Wildman–Crippen LogP) is -0.418. The lowest BCUT2D eigenvalue weighted by atomic mass is 9.96. The fraction of sp³-hybridized carbons (Fsp3) is 0.909. The van der Waals surface area contributed by atoms with Crippen molar-refractivity contribution in [2.24, 2.45) is 11.8 Å². The maximum Gasteiger partial charge on any atom is 0.225 e. The van der Waals surface area contributed by atoms with Gasteiger partial charge in [-0.05, 0) is 44.7 Å². The Kier molecular flexibility index (Phi) is 11.2. The molecule has 180 valence electrons. The minimum absolute atomic E-state index is 0.00115. The van der Waals surface area contributed by atoms with Crippen LogP contribution in [0.1, 0.15) is 46.0 Å². The van der Waals surface area contributed by atoms with Crippen molar-refractivity contribution in [1.29, 1.82) is 0 Å². The lowest BCUT2D eigenvalue weighted by molar-refractivity contribution is -0.141. The van der Waals surface area contributed by atoms with Crippen LogP contribution in [-0.2, 0) is 14.3 Å². The van der Waals surface area contributed by atoms with Crippen LogP contribution >= 0.6 is 0 Å². The van der Waals surface area contributed by atoms with Crippen molar-refractivity contribution < 1.29 is 29.6 Å². The smallest absolute Gasteiger partial charge is 0.225 e. The van der Waals surface area contributed by atoms with Gasteiger partial charge in [-0.3, -0.25) is 9.59 Å². The molecule has 9 heteroatoms. The van der Waals surface area contributed by atoms with Crippen molar-refractivity contribution in [2.45, 2.75) is 64.3 Å². The first kappa shape index (κ1) is 26.0. The Morgan fingerprint density at radius 3 is 2.35 bits per heavy atom. The summed E-state index contributed by atoms with van der Waals surface area (Å²) in [6.07, 6.45) is -0.505. The van der Waals surface area contributed by atoms with Crippen LogP contribution in [0.2, 0.25) is 0 Å². The summed E-state index contributed by atoms with van der Waals surface area (Å²) < 4.78 is 5.44. The Balaban J connectivity index is 2.13. The summed E-state index contributed by atoms with van der Waals surface area (Å²) >= 11 is 0. The molecule has 2 fully saturated rings. The summed E-state index contributed by atoms with van der Waals surface area (Å²) in [5, 5.41) is 34.1. The molecule has 2 heterocycles. The molecule has 0 saturated carbocycles. The Bertz CT molecular complexity index is 555. The fourth-order valence-electron chi connectivity index (χ4n) is 4.10. The van der Waals surface area contributed by atoms with Gasteiger partial charge in [-0.15, -0.1) is 0 Å². The van der Waals surface area contributed by atoms with Crippen LogP contribution in [0.15, 0.2) is 0 Å². The zero-order chi connectivity index (χ0) is 22.8. The third-order valence-electron chi connectivity index (χ3n) is 6.03. The number of rotatable bonds is 3. The summed E-state index contributed by atoms with van der Waals surface area (Å²) in [5.74, 6) is 0.142. The van der Waals surface area contributed by atoms with Gasteiger partial charge in [-0.2, -0.15) is 0 Å². The van der Waals surface area contributed by atoms with Crippen molar-refractivity contribution in [2.75, 3.05) is 52.5 Å². The van der Waals surface area contributed by atoms with Crippen LogP contribution < -0.4 is 5.32 Å². The van der Waals surface area contributed by atoms with Crippen molar-refractivity contribution in [1.82, 2.24) is 15.1 Å². The number of nitrogens with one attached hydrogen (secondary N) is 1. The minimum Gasteiger partial charge on any atom is -0.388 e. The maximum atomic E-state index is 13.1. The molecule has 0 aliphatic carbocycles. The standard InChI is InChI=1S/C22H41N3O6/c1-16(2)13-20(28)25-11-10-24(22(30)17-5-7-23-8-6-17)9-3-4-12-31-15-19(27)21(29)18(26)14-25/h16-19,21,23,26-27,29H,3-15H2,1-2H3/t18-,19+,21+/m0/s1. The zero-order valence-electron chi connectivity index (χ0n) is 19.0. The molecule has 4 N–H and O–H groups in total. The van der Waals surface area contributed by atoms with Crippen LogP contribution in [0, 0.1) is 11.8 Å². The second kappa shape index (κ2) is 13.3. The Morgan fingerprint density at radius 2 is 1.68 bits per heavy atom. The summed E-state index contributed by atoms with van der Waals surface area (Å²) in [4.78, 5) is 29.3. The lowest BCUT2D eigenvalue weighted by Gasteiger charge is -2.34. The Hall–Kier alpha value is -1.26. The molecule has 0 spiro atoms. The second-order valence-corrected chi connectivity index (χ2v) is 9.19. The van der Waals surface area contributed by atoms with Gasteiger partial charge in [-0.1, -0.05) is 13.8 Å². The molecular weight excluding hydrogens is 402 g/mol. The lowest BCUT2D eigenvalue weighted by Crippen LogP contribution is -2.50. The van der Waals surface area contributed by atoms with Gasteiger partial charge in [0.05, 0.1) is 6.61 Å². The number of amides is 2. The largest absolute Gasteiger partial charge is 0.388 e. The van der Waals surface area contributed by atoms with E-state index in [1.54, 1.807) is 0 Å². The van der Waals surface area contributed by atoms with Gasteiger partial charge in [0.15, 0.2) is 0 Å². The van der Waals surface area contributed by atoms with Crippen molar-refractivity contribution >= 4 is 11.8 Å². The number of carbonyl (C=O) groups excluding carboxylic acids is 2. The van der Waals surface area contributed by atoms with Crippen LogP contribution in [-0.4, -0.2) is 108 Å². The van der Waals surface area contributed by atoms with Gasteiger partial charge in [0.1, 0.15) is 18.3 Å². The summed E-state index contributed by atoms with van der Waals surface area (Å²) in [6, 6.07) is 0. The van der Waals surface area contributed by atoms with E-state index < -0.39 is 18.3 Å². The fourth-order valence-corrected chi connectivity index (χ4v) is 4.10. The number of carbonyl (C=O) groups is 2. The molecule has 0 aromatic heterocycles. The third-order valence-corrected chi connectivity index (χ3v) is 6.03. The molecule has 0 unspecified atom stereocenters. The molecule has 31 heavy (non-hydrogen) atoms. The van der Waals surface area contributed by atoms with Crippen molar-refractivity contribution in [3.05, 3.63) is 0 Å². The zero-order valence-corrected chi connectivity index (χ0v) is 19.0. The van der Waals surface area contributed by atoms with Crippen LogP contribution in [0.3, 0.4) is 0 Å². The van der Waals surface area contributed by atoms with E-state index in [-0.39, 0.29) is 36.8 Å². The molecule has 2 saturated heterocycles. The monoisotopic (exact) mass is 443 g/mol. The molecule has 0 aromatic carbocycles. The molecule has 2 rings (SSSR count). The summed E-state index contributed by atoms with van der Waals surface area (Å²) in [6.45, 7) is 7.06. The summed E-state index contributed by atoms with van der Waals surface area (Å²) in [5.41, 5.74) is 0. The molecular formula is C22H41N3O6. The molecule has 0 radical (unpaired) electrons. The normalized spacial score (nSPS) is 28.4. The van der Waals surface area contributed by atoms with Gasteiger partial charge in [-0.25, -0.2) is 0 Å². The third kappa shape index (κ3) is 8.65. The highest BCUT2D eigenvalue weighted by Crippen LogP contribution is 2.17. The highest BCUT2D eigenvalue weighted by atomic mass is 16.5. The number of ether oxygens (including phenoxy) is 1. The van der Waals surface area contributed by atoms with Crippen LogP contribution in [0.4, 0.5) is 0 Å². The van der Waals surface area contributed by atoms with E-state index >= 15 is 0 Å². The predicted molar refractivity (Wildman–Crippen MR) is 116 cm³/mol. The number of aliphatic hydroxyl groups excluding tert-OH is 3. The highest BCUT2D eigenvalue weighted by molar-refractivity contribution is 5.79. The second-order valence-electron chi connectivity index (χ2n) is 9.19. The molecule has 2 aliphatic heterocycles.